The smallest absolute Gasteiger partial charge is 0.332 e. The first-order valence-corrected chi connectivity index (χ1v) is 7.03. The second-order valence-corrected chi connectivity index (χ2v) is 5.77. The van der Waals surface area contributed by atoms with Gasteiger partial charge in [-0.1, -0.05) is 12.8 Å². The summed E-state index contributed by atoms with van der Waals surface area (Å²) in [5.41, 5.74) is -0.951. The van der Waals surface area contributed by atoms with Crippen molar-refractivity contribution in [2.24, 2.45) is 14.1 Å². The molecule has 0 amide bonds. The first kappa shape index (κ1) is 13.9. The van der Waals surface area contributed by atoms with Gasteiger partial charge in [0.1, 0.15) is 0 Å². The van der Waals surface area contributed by atoms with Crippen LogP contribution in [0.1, 0.15) is 25.7 Å². The molecule has 2 heterocycles. The molecule has 0 atom stereocenters. The van der Waals surface area contributed by atoms with Gasteiger partial charge in [0.05, 0.1) is 5.60 Å². The number of rotatable bonds is 3. The van der Waals surface area contributed by atoms with Crippen LogP contribution in [0.5, 0.6) is 0 Å². The third kappa shape index (κ3) is 2.25. The van der Waals surface area contributed by atoms with Crippen LogP contribution in [-0.2, 0) is 14.1 Å². The Balaban J connectivity index is 1.95. The molecule has 114 valence electrons. The lowest BCUT2D eigenvalue weighted by molar-refractivity contribution is 0.0613. The van der Waals surface area contributed by atoms with Gasteiger partial charge in [-0.2, -0.15) is 4.98 Å². The molecule has 0 aliphatic heterocycles. The Labute approximate surface area is 120 Å². The van der Waals surface area contributed by atoms with Crippen molar-refractivity contribution in [3.63, 3.8) is 0 Å². The molecule has 1 saturated carbocycles. The molecule has 8 heteroatoms. The molecule has 3 N–H and O–H groups in total. The van der Waals surface area contributed by atoms with Crippen molar-refractivity contribution in [2.45, 2.75) is 31.3 Å². The van der Waals surface area contributed by atoms with Crippen molar-refractivity contribution >= 4 is 17.1 Å². The minimum absolute atomic E-state index is 0.278. The second-order valence-electron chi connectivity index (χ2n) is 5.77. The van der Waals surface area contributed by atoms with Crippen LogP contribution in [0, 0.1) is 0 Å². The zero-order valence-corrected chi connectivity index (χ0v) is 12.1. The number of anilines is 1. The van der Waals surface area contributed by atoms with E-state index in [4.69, 9.17) is 0 Å². The van der Waals surface area contributed by atoms with Crippen LogP contribution in [-0.4, -0.2) is 36.4 Å². The number of nitrogens with one attached hydrogen (secondary N) is 2. The van der Waals surface area contributed by atoms with E-state index >= 15 is 0 Å². The maximum absolute atomic E-state index is 12.0. The van der Waals surface area contributed by atoms with Crippen molar-refractivity contribution in [1.29, 1.82) is 0 Å². The highest BCUT2D eigenvalue weighted by molar-refractivity contribution is 5.72. The maximum Gasteiger partial charge on any atom is 0.332 e. The number of aryl methyl sites for hydroxylation is 1. The molecule has 2 aromatic rings. The summed E-state index contributed by atoms with van der Waals surface area (Å²) in [6, 6.07) is 0. The molecule has 0 saturated heterocycles. The summed E-state index contributed by atoms with van der Waals surface area (Å²) in [5, 5.41) is 13.3. The SMILES string of the molecule is Cn1c(=O)c2[nH]c(NCC3(O)CCCC3)nc2n(C)c1=O. The first-order chi connectivity index (χ1) is 9.91. The monoisotopic (exact) mass is 293 g/mol. The van der Waals surface area contributed by atoms with Gasteiger partial charge < -0.3 is 15.4 Å². The first-order valence-electron chi connectivity index (χ1n) is 7.03. The zero-order valence-electron chi connectivity index (χ0n) is 12.1. The van der Waals surface area contributed by atoms with Gasteiger partial charge in [0.25, 0.3) is 5.56 Å². The average molecular weight is 293 g/mol. The number of hydrogen-bond acceptors (Lipinski definition) is 5. The molecule has 0 aromatic carbocycles. The largest absolute Gasteiger partial charge is 0.388 e. The van der Waals surface area contributed by atoms with Crippen LogP contribution in [0.2, 0.25) is 0 Å². The Kier molecular flexibility index (Phi) is 3.12. The number of aromatic amines is 1. The Hall–Kier alpha value is -2.09. The van der Waals surface area contributed by atoms with Crippen LogP contribution < -0.4 is 16.6 Å². The average Bonchev–Trinajstić information content (AvgIpc) is 3.08. The van der Waals surface area contributed by atoms with Crippen LogP contribution >= 0.6 is 0 Å². The quantitative estimate of drug-likeness (QED) is 0.719. The van der Waals surface area contributed by atoms with E-state index in [0.717, 1.165) is 30.3 Å². The van der Waals surface area contributed by atoms with E-state index in [9.17, 15) is 14.7 Å². The zero-order chi connectivity index (χ0) is 15.2. The number of aliphatic hydroxyl groups is 1. The molecular weight excluding hydrogens is 274 g/mol. The molecule has 0 bridgehead atoms. The summed E-state index contributed by atoms with van der Waals surface area (Å²) < 4.78 is 2.36. The molecule has 8 nitrogen and oxygen atoms in total. The van der Waals surface area contributed by atoms with Gasteiger partial charge in [-0.05, 0) is 12.8 Å². The Morgan fingerprint density at radius 2 is 1.95 bits per heavy atom. The summed E-state index contributed by atoms with van der Waals surface area (Å²) in [5.74, 6) is 0.392. The highest BCUT2D eigenvalue weighted by atomic mass is 16.3. The number of fused-ring (bicyclic) bond motifs is 1. The highest BCUT2D eigenvalue weighted by Gasteiger charge is 2.31. The van der Waals surface area contributed by atoms with E-state index in [0.29, 0.717) is 18.1 Å². The number of aromatic nitrogens is 4. The Morgan fingerprint density at radius 3 is 2.62 bits per heavy atom. The highest BCUT2D eigenvalue weighted by Crippen LogP contribution is 2.29. The van der Waals surface area contributed by atoms with Gasteiger partial charge >= 0.3 is 5.69 Å². The standard InChI is InChI=1S/C13H19N5O3/c1-17-9-8(10(19)18(2)12(17)20)15-11(16-9)14-7-13(21)5-3-4-6-13/h21H,3-7H2,1-2H3,(H2,14,15,16). The van der Waals surface area contributed by atoms with Gasteiger partial charge in [0, 0.05) is 20.6 Å². The van der Waals surface area contributed by atoms with E-state index in [2.05, 4.69) is 15.3 Å². The molecule has 1 fully saturated rings. The number of nitrogens with zero attached hydrogens (tertiary/aromatic N) is 3. The molecule has 1 aliphatic rings. The summed E-state index contributed by atoms with van der Waals surface area (Å²) in [6.45, 7) is 0.376. The van der Waals surface area contributed by atoms with Gasteiger partial charge in [0.2, 0.25) is 5.95 Å². The van der Waals surface area contributed by atoms with Crippen molar-refractivity contribution in [3.8, 4) is 0 Å². The Bertz CT molecular complexity index is 794. The molecule has 1 aliphatic carbocycles. The summed E-state index contributed by atoms with van der Waals surface area (Å²) >= 11 is 0. The van der Waals surface area contributed by atoms with E-state index in [1.807, 2.05) is 0 Å². The number of H-pyrrole nitrogens is 1. The van der Waals surface area contributed by atoms with Gasteiger partial charge in [-0.25, -0.2) is 4.79 Å². The second kappa shape index (κ2) is 4.73. The predicted molar refractivity (Wildman–Crippen MR) is 78.5 cm³/mol. The van der Waals surface area contributed by atoms with Crippen molar-refractivity contribution in [1.82, 2.24) is 19.1 Å². The molecule has 0 unspecified atom stereocenters. The third-order valence-electron chi connectivity index (χ3n) is 4.21. The third-order valence-corrected chi connectivity index (χ3v) is 4.21. The van der Waals surface area contributed by atoms with Crippen molar-refractivity contribution in [3.05, 3.63) is 20.8 Å². The topological polar surface area (TPSA) is 105 Å². The normalized spacial score (nSPS) is 17.5. The van der Waals surface area contributed by atoms with Crippen molar-refractivity contribution < 1.29 is 5.11 Å². The van der Waals surface area contributed by atoms with E-state index in [-0.39, 0.29) is 5.52 Å². The maximum atomic E-state index is 12.0. The van der Waals surface area contributed by atoms with Crippen LogP contribution in [0.4, 0.5) is 5.95 Å². The number of hydrogen-bond donors (Lipinski definition) is 3. The van der Waals surface area contributed by atoms with Gasteiger partial charge in [0.15, 0.2) is 11.2 Å². The van der Waals surface area contributed by atoms with E-state index in [1.165, 1.54) is 11.6 Å². The van der Waals surface area contributed by atoms with E-state index in [1.54, 1.807) is 7.05 Å². The molecular formula is C13H19N5O3. The van der Waals surface area contributed by atoms with Crippen LogP contribution in [0.15, 0.2) is 9.59 Å². The Morgan fingerprint density at radius 1 is 1.29 bits per heavy atom. The number of imidazole rings is 1. The fraction of sp³-hybridized carbons (Fsp3) is 0.615. The fourth-order valence-electron chi connectivity index (χ4n) is 2.87. The molecule has 21 heavy (non-hydrogen) atoms. The predicted octanol–water partition coefficient (Wildman–Crippen LogP) is -0.323. The minimum atomic E-state index is -0.712. The molecule has 0 radical (unpaired) electrons. The van der Waals surface area contributed by atoms with Gasteiger partial charge in [-0.15, -0.1) is 0 Å². The summed E-state index contributed by atoms with van der Waals surface area (Å²) in [4.78, 5) is 31.0. The fourth-order valence-corrected chi connectivity index (χ4v) is 2.87. The lowest BCUT2D eigenvalue weighted by Crippen LogP contribution is -2.36. The molecule has 3 rings (SSSR count). The summed E-state index contributed by atoms with van der Waals surface area (Å²) in [7, 11) is 3.00. The molecule has 0 spiro atoms. The van der Waals surface area contributed by atoms with Crippen LogP contribution in [0.3, 0.4) is 0 Å². The lowest BCUT2D eigenvalue weighted by Gasteiger charge is -2.21. The van der Waals surface area contributed by atoms with Crippen molar-refractivity contribution in [2.75, 3.05) is 11.9 Å². The van der Waals surface area contributed by atoms with E-state index < -0.39 is 16.9 Å². The van der Waals surface area contributed by atoms with Crippen LogP contribution in [0.25, 0.3) is 11.2 Å². The van der Waals surface area contributed by atoms with Gasteiger partial charge in [-0.3, -0.25) is 13.9 Å². The minimum Gasteiger partial charge on any atom is -0.388 e. The summed E-state index contributed by atoms with van der Waals surface area (Å²) in [6.07, 6.45) is 3.57. The molecule has 2 aromatic heterocycles. The lowest BCUT2D eigenvalue weighted by atomic mass is 10.0.